The van der Waals surface area contributed by atoms with Gasteiger partial charge in [0.25, 0.3) is 11.7 Å². The van der Waals surface area contributed by atoms with Crippen LogP contribution >= 0.6 is 0 Å². The first-order chi connectivity index (χ1) is 16.5. The molecule has 180 valence electrons. The van der Waals surface area contributed by atoms with Gasteiger partial charge < -0.3 is 9.84 Å². The van der Waals surface area contributed by atoms with E-state index in [0.717, 1.165) is 5.56 Å². The predicted octanol–water partition coefficient (Wildman–Crippen LogP) is 6.07. The summed E-state index contributed by atoms with van der Waals surface area (Å²) in [5.41, 5.74) is 2.71. The number of nitrogens with zero attached hydrogens (tertiary/aromatic N) is 1. The first-order valence-corrected chi connectivity index (χ1v) is 11.3. The summed E-state index contributed by atoms with van der Waals surface area (Å²) in [4.78, 5) is 28.0. The largest absolute Gasteiger partial charge is 0.507 e. The molecule has 0 bridgehead atoms. The summed E-state index contributed by atoms with van der Waals surface area (Å²) in [5, 5.41) is 11.2. The molecule has 1 heterocycles. The zero-order chi connectivity index (χ0) is 25.5. The molecule has 35 heavy (non-hydrogen) atoms. The highest BCUT2D eigenvalue weighted by Gasteiger charge is 2.47. The minimum absolute atomic E-state index is 0.0499. The number of ether oxygens (including phenoxy) is 1. The van der Waals surface area contributed by atoms with Gasteiger partial charge in [-0.05, 0) is 71.5 Å². The van der Waals surface area contributed by atoms with E-state index < -0.39 is 23.5 Å². The van der Waals surface area contributed by atoms with Crippen molar-refractivity contribution in [2.45, 2.75) is 39.2 Å². The van der Waals surface area contributed by atoms with Crippen LogP contribution in [0.3, 0.4) is 0 Å². The number of hydrogen-bond donors (Lipinski definition) is 1. The van der Waals surface area contributed by atoms with Crippen LogP contribution in [0.4, 0.5) is 10.1 Å². The van der Waals surface area contributed by atoms with Gasteiger partial charge in [0.1, 0.15) is 17.3 Å². The second-order valence-electron chi connectivity index (χ2n) is 9.70. The lowest BCUT2D eigenvalue weighted by Gasteiger charge is -2.27. The topological polar surface area (TPSA) is 66.8 Å². The third kappa shape index (κ3) is 4.44. The lowest BCUT2D eigenvalue weighted by Crippen LogP contribution is -2.29. The Kier molecular flexibility index (Phi) is 6.24. The third-order valence-corrected chi connectivity index (χ3v) is 6.32. The van der Waals surface area contributed by atoms with Gasteiger partial charge in [-0.15, -0.1) is 0 Å². The Bertz CT molecular complexity index is 1320. The van der Waals surface area contributed by atoms with Crippen LogP contribution < -0.4 is 9.64 Å². The van der Waals surface area contributed by atoms with E-state index in [1.54, 1.807) is 38.3 Å². The maximum Gasteiger partial charge on any atom is 0.300 e. The zero-order valence-corrected chi connectivity index (χ0v) is 20.4. The van der Waals surface area contributed by atoms with E-state index in [4.69, 9.17) is 4.74 Å². The number of benzene rings is 3. The number of rotatable bonds is 4. The third-order valence-electron chi connectivity index (χ3n) is 6.32. The number of amides is 1. The summed E-state index contributed by atoms with van der Waals surface area (Å²) in [5.74, 6) is -1.69. The fourth-order valence-electron chi connectivity index (χ4n) is 4.27. The van der Waals surface area contributed by atoms with Gasteiger partial charge in [0.2, 0.25) is 0 Å². The number of ketones is 1. The molecular weight excluding hydrogens is 445 g/mol. The van der Waals surface area contributed by atoms with Crippen LogP contribution in [0.5, 0.6) is 5.75 Å². The highest BCUT2D eigenvalue weighted by atomic mass is 19.1. The summed E-state index contributed by atoms with van der Waals surface area (Å²) >= 11 is 0. The van der Waals surface area contributed by atoms with Crippen molar-refractivity contribution < 1.29 is 23.8 Å². The molecule has 0 aliphatic carbocycles. The quantitative estimate of drug-likeness (QED) is 0.284. The molecule has 0 aromatic heterocycles. The lowest BCUT2D eigenvalue weighted by atomic mass is 9.87. The fourth-order valence-corrected chi connectivity index (χ4v) is 4.27. The molecule has 1 atom stereocenters. The molecule has 1 fully saturated rings. The van der Waals surface area contributed by atoms with Gasteiger partial charge in [-0.25, -0.2) is 4.39 Å². The minimum Gasteiger partial charge on any atom is -0.507 e. The molecule has 0 saturated carbocycles. The number of anilines is 1. The number of Topliss-reactive ketones (excluding diaryl/α,β-unsaturated/α-hetero) is 1. The first kappa shape index (κ1) is 24.2. The standard InChI is InChI=1S/C29H28FNO4/c1-17-16-19(8-15-23(17)30)26(32)24-25(18-6-13-22(35-5)14-7-18)31(28(34)27(24)33)21-11-9-20(10-12-21)29(2,3)4/h6-16,25,32H,1-5H3/b26-24-. The van der Waals surface area contributed by atoms with Crippen molar-refractivity contribution in [3.63, 3.8) is 0 Å². The van der Waals surface area contributed by atoms with Gasteiger partial charge in [-0.1, -0.05) is 45.0 Å². The number of hydrogen-bond acceptors (Lipinski definition) is 4. The summed E-state index contributed by atoms with van der Waals surface area (Å²) in [6.45, 7) is 7.85. The highest BCUT2D eigenvalue weighted by molar-refractivity contribution is 6.51. The highest BCUT2D eigenvalue weighted by Crippen LogP contribution is 2.43. The first-order valence-electron chi connectivity index (χ1n) is 11.3. The second kappa shape index (κ2) is 9.02. The van der Waals surface area contributed by atoms with Gasteiger partial charge in [0.05, 0.1) is 18.7 Å². The second-order valence-corrected chi connectivity index (χ2v) is 9.70. The molecule has 3 aromatic rings. The number of halogens is 1. The van der Waals surface area contributed by atoms with E-state index in [1.165, 1.54) is 23.1 Å². The van der Waals surface area contributed by atoms with Crippen molar-refractivity contribution in [3.8, 4) is 5.75 Å². The molecule has 0 radical (unpaired) electrons. The van der Waals surface area contributed by atoms with Crippen molar-refractivity contribution in [1.82, 2.24) is 0 Å². The minimum atomic E-state index is -0.869. The lowest BCUT2D eigenvalue weighted by molar-refractivity contribution is -0.132. The summed E-state index contributed by atoms with van der Waals surface area (Å²) < 4.78 is 19.1. The van der Waals surface area contributed by atoms with Crippen LogP contribution in [0.15, 0.2) is 72.3 Å². The normalized spacial score (nSPS) is 17.7. The number of carbonyl (C=O) groups is 2. The monoisotopic (exact) mass is 473 g/mol. The van der Waals surface area contributed by atoms with Crippen LogP contribution in [0.2, 0.25) is 0 Å². The van der Waals surface area contributed by atoms with Gasteiger partial charge in [-0.3, -0.25) is 14.5 Å². The Labute approximate surface area is 204 Å². The van der Waals surface area contributed by atoms with Crippen LogP contribution in [-0.4, -0.2) is 23.9 Å². The molecule has 4 rings (SSSR count). The van der Waals surface area contributed by atoms with Gasteiger partial charge in [0, 0.05) is 11.3 Å². The van der Waals surface area contributed by atoms with Gasteiger partial charge in [-0.2, -0.15) is 0 Å². The van der Waals surface area contributed by atoms with E-state index >= 15 is 0 Å². The maximum atomic E-state index is 13.9. The van der Waals surface area contributed by atoms with Crippen LogP contribution in [0, 0.1) is 12.7 Å². The molecule has 1 unspecified atom stereocenters. The van der Waals surface area contributed by atoms with Crippen LogP contribution in [0.25, 0.3) is 5.76 Å². The number of aryl methyl sites for hydroxylation is 1. The molecule has 1 aliphatic heterocycles. The Balaban J connectivity index is 1.91. The Morgan fingerprint density at radius 3 is 2.14 bits per heavy atom. The van der Waals surface area contributed by atoms with E-state index in [2.05, 4.69) is 20.8 Å². The Morgan fingerprint density at radius 2 is 1.60 bits per heavy atom. The Morgan fingerprint density at radius 1 is 0.971 bits per heavy atom. The zero-order valence-electron chi connectivity index (χ0n) is 20.4. The molecular formula is C29H28FNO4. The van der Waals surface area contributed by atoms with Crippen molar-refractivity contribution in [2.75, 3.05) is 12.0 Å². The van der Waals surface area contributed by atoms with Crippen molar-refractivity contribution >= 4 is 23.1 Å². The maximum absolute atomic E-state index is 13.9. The number of aliphatic hydroxyl groups excluding tert-OH is 1. The van der Waals surface area contributed by atoms with Crippen molar-refractivity contribution in [3.05, 3.63) is 100 Å². The average molecular weight is 474 g/mol. The van der Waals surface area contributed by atoms with E-state index in [-0.39, 0.29) is 22.3 Å². The summed E-state index contributed by atoms with van der Waals surface area (Å²) in [6, 6.07) is 17.7. The summed E-state index contributed by atoms with van der Waals surface area (Å²) in [7, 11) is 1.55. The smallest absolute Gasteiger partial charge is 0.300 e. The molecule has 5 nitrogen and oxygen atoms in total. The van der Waals surface area contributed by atoms with Crippen LogP contribution in [-0.2, 0) is 15.0 Å². The SMILES string of the molecule is COc1ccc(C2/C(=C(/O)c3ccc(F)c(C)c3)C(=O)C(=O)N2c2ccc(C(C)(C)C)cc2)cc1. The van der Waals surface area contributed by atoms with E-state index in [9.17, 15) is 19.1 Å². The van der Waals surface area contributed by atoms with Gasteiger partial charge >= 0.3 is 0 Å². The Hall–Kier alpha value is -3.93. The fraction of sp³-hybridized carbons (Fsp3) is 0.241. The molecule has 1 saturated heterocycles. The van der Waals surface area contributed by atoms with Crippen molar-refractivity contribution in [2.24, 2.45) is 0 Å². The molecule has 1 N–H and O–H groups in total. The molecule has 3 aromatic carbocycles. The molecule has 1 amide bonds. The molecule has 0 spiro atoms. The molecule has 1 aliphatic rings. The number of aliphatic hydroxyl groups is 1. The molecule has 6 heteroatoms. The summed E-state index contributed by atoms with van der Waals surface area (Å²) in [6.07, 6.45) is 0. The van der Waals surface area contributed by atoms with E-state index in [0.29, 0.717) is 22.6 Å². The number of carbonyl (C=O) groups excluding carboxylic acids is 2. The van der Waals surface area contributed by atoms with E-state index in [1.807, 2.05) is 24.3 Å². The van der Waals surface area contributed by atoms with Crippen LogP contribution in [0.1, 0.15) is 49.1 Å². The predicted molar refractivity (Wildman–Crippen MR) is 134 cm³/mol. The average Bonchev–Trinajstić information content (AvgIpc) is 3.10. The number of methoxy groups -OCH3 is 1. The van der Waals surface area contributed by atoms with Gasteiger partial charge in [0.15, 0.2) is 0 Å². The van der Waals surface area contributed by atoms with Crippen molar-refractivity contribution in [1.29, 1.82) is 0 Å².